The molecular weight excluding hydrogens is 280 g/mol. The summed E-state index contributed by atoms with van der Waals surface area (Å²) in [7, 11) is -0.312. The molecule has 3 N–H and O–H groups in total. The molecule has 2 aromatic rings. The second-order valence-corrected chi connectivity index (χ2v) is 5.78. The van der Waals surface area contributed by atoms with Crippen LogP contribution in [0.5, 0.6) is 5.75 Å². The number of ether oxygens (including phenoxy) is 1. The van der Waals surface area contributed by atoms with Crippen LogP contribution in [0.4, 0.5) is 5.69 Å². The standard InChI is InChI=1S/C12H16N4O3S/c1-13-6-9-5-11(3-4-12(9)19-2)20(17,18)16-10-7-14-15-8-10/h3-5,7-8,13,16H,6H2,1-2H3,(H,14,15). The first-order valence-electron chi connectivity index (χ1n) is 5.90. The van der Waals surface area contributed by atoms with Gasteiger partial charge in [-0.2, -0.15) is 5.10 Å². The Bertz CT molecular complexity index is 668. The lowest BCUT2D eigenvalue weighted by molar-refractivity contribution is 0.408. The van der Waals surface area contributed by atoms with Crippen molar-refractivity contribution in [3.05, 3.63) is 36.2 Å². The quantitative estimate of drug-likeness (QED) is 0.737. The van der Waals surface area contributed by atoms with Crippen molar-refractivity contribution in [3.63, 3.8) is 0 Å². The number of aromatic amines is 1. The molecule has 0 radical (unpaired) electrons. The minimum absolute atomic E-state index is 0.171. The van der Waals surface area contributed by atoms with Crippen molar-refractivity contribution < 1.29 is 13.2 Å². The third kappa shape index (κ3) is 3.09. The minimum Gasteiger partial charge on any atom is -0.496 e. The van der Waals surface area contributed by atoms with E-state index >= 15 is 0 Å². The van der Waals surface area contributed by atoms with Gasteiger partial charge in [0.25, 0.3) is 10.0 Å². The second-order valence-electron chi connectivity index (χ2n) is 4.10. The fraction of sp³-hybridized carbons (Fsp3) is 0.250. The highest BCUT2D eigenvalue weighted by Crippen LogP contribution is 2.23. The second kappa shape index (κ2) is 5.93. The van der Waals surface area contributed by atoms with Gasteiger partial charge in [0.2, 0.25) is 0 Å². The first kappa shape index (κ1) is 14.4. The number of nitrogens with zero attached hydrogens (tertiary/aromatic N) is 1. The van der Waals surface area contributed by atoms with Gasteiger partial charge in [-0.25, -0.2) is 8.42 Å². The van der Waals surface area contributed by atoms with Crippen LogP contribution in [0.2, 0.25) is 0 Å². The van der Waals surface area contributed by atoms with Crippen molar-refractivity contribution in [1.82, 2.24) is 15.5 Å². The van der Waals surface area contributed by atoms with Crippen molar-refractivity contribution in [3.8, 4) is 5.75 Å². The van der Waals surface area contributed by atoms with Crippen molar-refractivity contribution >= 4 is 15.7 Å². The molecule has 20 heavy (non-hydrogen) atoms. The summed E-state index contributed by atoms with van der Waals surface area (Å²) in [4.78, 5) is 0.171. The molecule has 0 amide bonds. The smallest absolute Gasteiger partial charge is 0.262 e. The van der Waals surface area contributed by atoms with E-state index in [0.717, 1.165) is 5.56 Å². The van der Waals surface area contributed by atoms with Gasteiger partial charge in [0, 0.05) is 18.3 Å². The van der Waals surface area contributed by atoms with Crippen LogP contribution in [0, 0.1) is 0 Å². The van der Waals surface area contributed by atoms with Crippen LogP contribution in [-0.4, -0.2) is 32.8 Å². The van der Waals surface area contributed by atoms with Crippen molar-refractivity contribution in [2.24, 2.45) is 0 Å². The Balaban J connectivity index is 2.34. The number of anilines is 1. The molecule has 1 heterocycles. The van der Waals surface area contributed by atoms with E-state index < -0.39 is 10.0 Å². The van der Waals surface area contributed by atoms with Gasteiger partial charge < -0.3 is 10.1 Å². The molecule has 0 unspecified atom stereocenters. The van der Waals surface area contributed by atoms with E-state index in [1.165, 1.54) is 18.5 Å². The summed E-state index contributed by atoms with van der Waals surface area (Å²) in [5.74, 6) is 0.640. The molecule has 0 saturated carbocycles. The Labute approximate surface area is 117 Å². The molecule has 0 saturated heterocycles. The number of rotatable bonds is 6. The minimum atomic E-state index is -3.64. The van der Waals surface area contributed by atoms with Gasteiger partial charge in [0.05, 0.1) is 23.9 Å². The molecule has 0 aliphatic heterocycles. The zero-order chi connectivity index (χ0) is 14.6. The summed E-state index contributed by atoms with van der Waals surface area (Å²) < 4.78 is 32.1. The maximum Gasteiger partial charge on any atom is 0.262 e. The molecular formula is C12H16N4O3S. The number of sulfonamides is 1. The highest BCUT2D eigenvalue weighted by atomic mass is 32.2. The first-order valence-corrected chi connectivity index (χ1v) is 7.38. The fourth-order valence-electron chi connectivity index (χ4n) is 1.77. The van der Waals surface area contributed by atoms with E-state index in [2.05, 4.69) is 20.2 Å². The largest absolute Gasteiger partial charge is 0.496 e. The van der Waals surface area contributed by atoms with Gasteiger partial charge >= 0.3 is 0 Å². The van der Waals surface area contributed by atoms with Gasteiger partial charge in [-0.15, -0.1) is 0 Å². The number of hydrogen-bond acceptors (Lipinski definition) is 5. The highest BCUT2D eigenvalue weighted by Gasteiger charge is 2.16. The monoisotopic (exact) mass is 296 g/mol. The number of nitrogens with one attached hydrogen (secondary N) is 3. The van der Waals surface area contributed by atoms with Gasteiger partial charge in [-0.05, 0) is 25.2 Å². The molecule has 108 valence electrons. The lowest BCUT2D eigenvalue weighted by Crippen LogP contribution is -2.14. The Morgan fingerprint density at radius 2 is 2.20 bits per heavy atom. The molecule has 0 bridgehead atoms. The van der Waals surface area contributed by atoms with E-state index in [1.807, 2.05) is 0 Å². The molecule has 8 heteroatoms. The van der Waals surface area contributed by atoms with E-state index in [4.69, 9.17) is 4.74 Å². The predicted molar refractivity (Wildman–Crippen MR) is 75.2 cm³/mol. The molecule has 1 aromatic carbocycles. The SMILES string of the molecule is CNCc1cc(S(=O)(=O)Nc2cn[nH]c2)ccc1OC. The molecule has 7 nitrogen and oxygen atoms in total. The third-order valence-corrected chi connectivity index (χ3v) is 4.06. The number of H-pyrrole nitrogens is 1. The van der Waals surface area contributed by atoms with Gasteiger partial charge in [-0.3, -0.25) is 9.82 Å². The van der Waals surface area contributed by atoms with Crippen LogP contribution >= 0.6 is 0 Å². The Hall–Kier alpha value is -2.06. The van der Waals surface area contributed by atoms with E-state index in [1.54, 1.807) is 26.3 Å². The number of aromatic nitrogens is 2. The number of hydrogen-bond donors (Lipinski definition) is 3. The predicted octanol–water partition coefficient (Wildman–Crippen LogP) is 0.938. The Kier molecular flexibility index (Phi) is 4.26. The summed E-state index contributed by atoms with van der Waals surface area (Å²) in [6, 6.07) is 4.72. The van der Waals surface area contributed by atoms with Crippen LogP contribution in [0.3, 0.4) is 0 Å². The molecule has 0 fully saturated rings. The summed E-state index contributed by atoms with van der Waals surface area (Å²) in [5.41, 5.74) is 1.15. The average molecular weight is 296 g/mol. The molecule has 2 rings (SSSR count). The summed E-state index contributed by atoms with van der Waals surface area (Å²) >= 11 is 0. The molecule has 0 atom stereocenters. The fourth-order valence-corrected chi connectivity index (χ4v) is 2.86. The van der Waals surface area contributed by atoms with E-state index in [-0.39, 0.29) is 4.90 Å². The Morgan fingerprint density at radius 3 is 2.80 bits per heavy atom. The summed E-state index contributed by atoms with van der Waals surface area (Å²) in [6.07, 6.45) is 2.87. The molecule has 1 aromatic heterocycles. The third-order valence-electron chi connectivity index (χ3n) is 2.68. The maximum absolute atomic E-state index is 12.2. The van der Waals surface area contributed by atoms with E-state index in [9.17, 15) is 8.42 Å². The van der Waals surface area contributed by atoms with Crippen molar-refractivity contribution in [2.45, 2.75) is 11.4 Å². The summed E-state index contributed by atoms with van der Waals surface area (Å²) in [5, 5.41) is 9.21. The van der Waals surface area contributed by atoms with Crippen LogP contribution in [0.25, 0.3) is 0 Å². The average Bonchev–Trinajstić information content (AvgIpc) is 2.91. The van der Waals surface area contributed by atoms with Crippen molar-refractivity contribution in [1.29, 1.82) is 0 Å². The zero-order valence-electron chi connectivity index (χ0n) is 11.2. The summed E-state index contributed by atoms with van der Waals surface area (Å²) in [6.45, 7) is 0.512. The zero-order valence-corrected chi connectivity index (χ0v) is 12.0. The maximum atomic E-state index is 12.2. The lowest BCUT2D eigenvalue weighted by atomic mass is 10.2. The van der Waals surface area contributed by atoms with Crippen molar-refractivity contribution in [2.75, 3.05) is 18.9 Å². The Morgan fingerprint density at radius 1 is 1.40 bits per heavy atom. The topological polar surface area (TPSA) is 96.1 Å². The lowest BCUT2D eigenvalue weighted by Gasteiger charge is -2.11. The van der Waals surface area contributed by atoms with Crippen LogP contribution in [-0.2, 0) is 16.6 Å². The normalized spacial score (nSPS) is 11.3. The first-order chi connectivity index (χ1) is 9.56. The molecule has 0 aliphatic rings. The van der Waals surface area contributed by atoms with Gasteiger partial charge in [0.15, 0.2) is 0 Å². The number of benzene rings is 1. The van der Waals surface area contributed by atoms with E-state index in [0.29, 0.717) is 18.0 Å². The molecule has 0 spiro atoms. The van der Waals surface area contributed by atoms with Crippen LogP contribution in [0.15, 0.2) is 35.5 Å². The van der Waals surface area contributed by atoms with Crippen LogP contribution < -0.4 is 14.8 Å². The van der Waals surface area contributed by atoms with Gasteiger partial charge in [0.1, 0.15) is 5.75 Å². The van der Waals surface area contributed by atoms with Gasteiger partial charge in [-0.1, -0.05) is 0 Å². The van der Waals surface area contributed by atoms with Crippen LogP contribution in [0.1, 0.15) is 5.56 Å². The highest BCUT2D eigenvalue weighted by molar-refractivity contribution is 7.92. The number of methoxy groups -OCH3 is 1. The molecule has 0 aliphatic carbocycles.